The number of carbonyl (C=O) groups excluding carboxylic acids is 1. The van der Waals surface area contributed by atoms with Gasteiger partial charge in [0.05, 0.1) is 12.2 Å². The Labute approximate surface area is 185 Å². The van der Waals surface area contributed by atoms with E-state index in [1.54, 1.807) is 18.2 Å². The zero-order valence-corrected chi connectivity index (χ0v) is 17.7. The fourth-order valence-electron chi connectivity index (χ4n) is 5.00. The molecule has 8 nitrogen and oxygen atoms in total. The number of fused-ring (bicyclic) bond motifs is 2. The molecule has 2 fully saturated rings. The summed E-state index contributed by atoms with van der Waals surface area (Å²) in [5.74, 6) is 1.06. The van der Waals surface area contributed by atoms with Crippen molar-refractivity contribution in [1.82, 2.24) is 30.8 Å². The Bertz CT molecular complexity index is 1040. The van der Waals surface area contributed by atoms with Crippen LogP contribution >= 0.6 is 0 Å². The predicted molar refractivity (Wildman–Crippen MR) is 118 cm³/mol. The van der Waals surface area contributed by atoms with Crippen LogP contribution in [0, 0.1) is 17.7 Å². The van der Waals surface area contributed by atoms with E-state index in [0.29, 0.717) is 23.3 Å². The lowest BCUT2D eigenvalue weighted by atomic mass is 9.91. The van der Waals surface area contributed by atoms with Crippen molar-refractivity contribution in [3.63, 3.8) is 0 Å². The Balaban J connectivity index is 1.13. The van der Waals surface area contributed by atoms with Gasteiger partial charge in [-0.2, -0.15) is 5.21 Å². The molecule has 1 aliphatic carbocycles. The highest BCUT2D eigenvalue weighted by Gasteiger charge is 2.42. The number of amides is 1. The number of likely N-dealkylation sites (tertiary alicyclic amines) is 1. The van der Waals surface area contributed by atoms with Gasteiger partial charge in [0.25, 0.3) is 0 Å². The van der Waals surface area contributed by atoms with Crippen molar-refractivity contribution in [2.75, 3.05) is 25.0 Å². The highest BCUT2D eigenvalue weighted by atomic mass is 19.1. The van der Waals surface area contributed by atoms with E-state index in [9.17, 15) is 9.18 Å². The molecule has 1 saturated carbocycles. The summed E-state index contributed by atoms with van der Waals surface area (Å²) in [6.07, 6.45) is 2.26. The van der Waals surface area contributed by atoms with E-state index in [2.05, 4.69) is 48.3 Å². The van der Waals surface area contributed by atoms with Crippen molar-refractivity contribution in [2.24, 2.45) is 11.8 Å². The fraction of sp³-hybridized carbons (Fsp3) is 0.391. The molecule has 9 heteroatoms. The molecule has 3 N–H and O–H groups in total. The molecule has 2 bridgehead atoms. The number of piperidine rings is 1. The highest BCUT2D eigenvalue weighted by Crippen LogP contribution is 2.37. The number of aromatic nitrogens is 4. The minimum absolute atomic E-state index is 0.0767. The maximum atomic E-state index is 13.7. The van der Waals surface area contributed by atoms with Gasteiger partial charge in [-0.3, -0.25) is 9.69 Å². The normalized spacial score (nSPS) is 22.6. The van der Waals surface area contributed by atoms with Crippen LogP contribution in [0.5, 0.6) is 0 Å². The molecular formula is C23H26FN7O. The van der Waals surface area contributed by atoms with Gasteiger partial charge in [-0.25, -0.2) is 4.39 Å². The standard InChI is InChI=1S/C23H26FN7O/c24-19-3-1-2-4-20(19)25-11-21(32)26-22-17-9-10-18(22)14-31(13-17)12-15-5-7-16(8-6-15)23-27-29-30-28-23/h1-8,17-18,22,25H,9-14H2,(H,26,32)(H,27,28,29,30)/t17-,18+,22?. The molecule has 3 atom stereocenters. The Morgan fingerprint density at radius 3 is 2.53 bits per heavy atom. The molecule has 0 radical (unpaired) electrons. The molecule has 1 unspecified atom stereocenters. The molecule has 2 heterocycles. The molecule has 1 amide bonds. The van der Waals surface area contributed by atoms with Gasteiger partial charge in [0.1, 0.15) is 5.82 Å². The number of aromatic amines is 1. The molecule has 3 aromatic rings. The number of hydrogen-bond acceptors (Lipinski definition) is 6. The van der Waals surface area contributed by atoms with Gasteiger partial charge in [-0.05, 0) is 47.6 Å². The first-order valence-electron chi connectivity index (χ1n) is 11.0. The number of nitrogens with zero attached hydrogens (tertiary/aromatic N) is 4. The van der Waals surface area contributed by atoms with E-state index in [0.717, 1.165) is 38.0 Å². The summed E-state index contributed by atoms with van der Waals surface area (Å²) >= 11 is 0. The second-order valence-electron chi connectivity index (χ2n) is 8.65. The van der Waals surface area contributed by atoms with Gasteiger partial charge in [0.15, 0.2) is 0 Å². The lowest BCUT2D eigenvalue weighted by molar-refractivity contribution is -0.121. The van der Waals surface area contributed by atoms with Crippen LogP contribution in [-0.2, 0) is 11.3 Å². The number of benzene rings is 2. The largest absolute Gasteiger partial charge is 0.374 e. The Morgan fingerprint density at radius 1 is 1.09 bits per heavy atom. The van der Waals surface area contributed by atoms with Crippen molar-refractivity contribution < 1.29 is 9.18 Å². The van der Waals surface area contributed by atoms with Crippen LogP contribution in [0.1, 0.15) is 18.4 Å². The minimum atomic E-state index is -0.348. The van der Waals surface area contributed by atoms with Crippen LogP contribution < -0.4 is 10.6 Å². The predicted octanol–water partition coefficient (Wildman–Crippen LogP) is 2.44. The van der Waals surface area contributed by atoms with Gasteiger partial charge in [-0.15, -0.1) is 10.2 Å². The Kier molecular flexibility index (Phi) is 5.81. The van der Waals surface area contributed by atoms with Crippen molar-refractivity contribution in [2.45, 2.75) is 25.4 Å². The van der Waals surface area contributed by atoms with Crippen LogP contribution in [0.4, 0.5) is 10.1 Å². The number of hydrogen-bond donors (Lipinski definition) is 3. The second-order valence-corrected chi connectivity index (χ2v) is 8.65. The quantitative estimate of drug-likeness (QED) is 0.527. The van der Waals surface area contributed by atoms with E-state index in [1.165, 1.54) is 11.6 Å². The molecule has 32 heavy (non-hydrogen) atoms. The number of para-hydroxylation sites is 1. The van der Waals surface area contributed by atoms with Gasteiger partial charge >= 0.3 is 0 Å². The SMILES string of the molecule is O=C(CNc1ccccc1F)NC1[C@@H]2CC[C@H]1CN(Cc1ccc(-c3nn[nH]n3)cc1)C2. The summed E-state index contributed by atoms with van der Waals surface area (Å²) in [5.41, 5.74) is 2.53. The van der Waals surface area contributed by atoms with E-state index in [4.69, 9.17) is 0 Å². The van der Waals surface area contributed by atoms with Gasteiger partial charge in [0, 0.05) is 31.2 Å². The molecule has 1 aliphatic heterocycles. The monoisotopic (exact) mass is 435 g/mol. The summed E-state index contributed by atoms with van der Waals surface area (Å²) in [6.45, 7) is 2.89. The van der Waals surface area contributed by atoms with Crippen molar-refractivity contribution in [1.29, 1.82) is 0 Å². The number of tetrazole rings is 1. The Morgan fingerprint density at radius 2 is 1.84 bits per heavy atom. The summed E-state index contributed by atoms with van der Waals surface area (Å²) < 4.78 is 13.7. The van der Waals surface area contributed by atoms with Crippen molar-refractivity contribution >= 4 is 11.6 Å². The Hall–Kier alpha value is -3.33. The van der Waals surface area contributed by atoms with Crippen LogP contribution in [-0.4, -0.2) is 57.1 Å². The first-order chi connectivity index (χ1) is 15.7. The fourth-order valence-corrected chi connectivity index (χ4v) is 5.00. The maximum absolute atomic E-state index is 13.7. The van der Waals surface area contributed by atoms with Crippen LogP contribution in [0.2, 0.25) is 0 Å². The topological polar surface area (TPSA) is 98.8 Å². The highest BCUT2D eigenvalue weighted by molar-refractivity contribution is 5.81. The van der Waals surface area contributed by atoms with Crippen LogP contribution in [0.25, 0.3) is 11.4 Å². The number of rotatable bonds is 7. The third-order valence-electron chi connectivity index (χ3n) is 6.51. The van der Waals surface area contributed by atoms with Crippen LogP contribution in [0.15, 0.2) is 48.5 Å². The lowest BCUT2D eigenvalue weighted by Gasteiger charge is -2.38. The minimum Gasteiger partial charge on any atom is -0.374 e. The van der Waals surface area contributed by atoms with E-state index >= 15 is 0 Å². The third-order valence-corrected chi connectivity index (χ3v) is 6.51. The van der Waals surface area contributed by atoms with Crippen molar-refractivity contribution in [3.8, 4) is 11.4 Å². The van der Waals surface area contributed by atoms with Gasteiger partial charge < -0.3 is 10.6 Å². The first kappa shape index (κ1) is 20.6. The molecule has 0 spiro atoms. The van der Waals surface area contributed by atoms with E-state index in [-0.39, 0.29) is 24.3 Å². The molecule has 1 saturated heterocycles. The number of H-pyrrole nitrogens is 1. The maximum Gasteiger partial charge on any atom is 0.239 e. The van der Waals surface area contributed by atoms with Crippen LogP contribution in [0.3, 0.4) is 0 Å². The number of carbonyl (C=O) groups is 1. The number of halogens is 1. The third kappa shape index (κ3) is 4.47. The summed E-state index contributed by atoms with van der Waals surface area (Å²) in [7, 11) is 0. The smallest absolute Gasteiger partial charge is 0.239 e. The molecular weight excluding hydrogens is 409 g/mol. The summed E-state index contributed by atoms with van der Waals surface area (Å²) in [5, 5.41) is 20.2. The summed E-state index contributed by atoms with van der Waals surface area (Å²) in [4.78, 5) is 15.0. The lowest BCUT2D eigenvalue weighted by Crippen LogP contribution is -2.53. The van der Waals surface area contributed by atoms with Crippen molar-refractivity contribution in [3.05, 3.63) is 59.9 Å². The first-order valence-corrected chi connectivity index (χ1v) is 11.0. The average molecular weight is 436 g/mol. The van der Waals surface area contributed by atoms with E-state index < -0.39 is 0 Å². The molecule has 2 aromatic carbocycles. The summed E-state index contributed by atoms with van der Waals surface area (Å²) in [6, 6.07) is 14.9. The average Bonchev–Trinajstić information content (AvgIpc) is 3.40. The second kappa shape index (κ2) is 9.04. The molecule has 1 aromatic heterocycles. The molecule has 166 valence electrons. The van der Waals surface area contributed by atoms with E-state index in [1.807, 2.05) is 12.1 Å². The number of nitrogens with one attached hydrogen (secondary N) is 3. The number of anilines is 1. The molecule has 2 aliphatic rings. The van der Waals surface area contributed by atoms with Gasteiger partial charge in [-0.1, -0.05) is 36.4 Å². The zero-order valence-electron chi connectivity index (χ0n) is 17.7. The van der Waals surface area contributed by atoms with Gasteiger partial charge in [0.2, 0.25) is 11.7 Å². The zero-order chi connectivity index (χ0) is 21.9. The molecule has 5 rings (SSSR count).